The summed E-state index contributed by atoms with van der Waals surface area (Å²) < 4.78 is 33.7. The van der Waals surface area contributed by atoms with Gasteiger partial charge in [0.05, 0.1) is 23.5 Å². The van der Waals surface area contributed by atoms with Gasteiger partial charge in [-0.2, -0.15) is 5.10 Å². The zero-order valence-electron chi connectivity index (χ0n) is 16.2. The number of halogens is 2. The van der Waals surface area contributed by atoms with Crippen molar-refractivity contribution in [2.24, 2.45) is 0 Å². The van der Waals surface area contributed by atoms with Gasteiger partial charge in [-0.15, -0.1) is 5.10 Å². The number of nitrogens with zero attached hydrogens (tertiary/aromatic N) is 3. The minimum Gasteiger partial charge on any atom is -0.507 e. The van der Waals surface area contributed by atoms with E-state index in [1.165, 1.54) is 7.11 Å². The Morgan fingerprint density at radius 1 is 1.20 bits per heavy atom. The van der Waals surface area contributed by atoms with Gasteiger partial charge in [0.1, 0.15) is 5.75 Å². The Kier molecular flexibility index (Phi) is 4.48. The number of fused-ring (bicyclic) bond motifs is 3. The maximum atomic E-state index is 14.1. The van der Waals surface area contributed by atoms with Crippen LogP contribution in [-0.2, 0) is 4.74 Å². The molecule has 4 heterocycles. The molecule has 2 aromatic heterocycles. The summed E-state index contributed by atoms with van der Waals surface area (Å²) in [7, 11) is 1.53. The van der Waals surface area contributed by atoms with Crippen molar-refractivity contribution < 1.29 is 18.6 Å². The van der Waals surface area contributed by atoms with E-state index in [-0.39, 0.29) is 18.6 Å². The summed E-state index contributed by atoms with van der Waals surface area (Å²) in [4.78, 5) is 4.05. The number of phenolic OH excluding ortho intramolecular Hbond substituents is 1. The molecule has 2 aliphatic rings. The fourth-order valence-electron chi connectivity index (χ4n) is 4.43. The Hall–Kier alpha value is -2.97. The lowest BCUT2D eigenvalue weighted by molar-refractivity contribution is -0.00999. The number of pyridine rings is 1. The number of phenols is 1. The molecule has 154 valence electrons. The Balaban J connectivity index is 1.45. The number of aromatic hydroxyl groups is 1. The van der Waals surface area contributed by atoms with Crippen LogP contribution in [0.3, 0.4) is 0 Å². The average Bonchev–Trinajstić information content (AvgIpc) is 2.97. The monoisotopic (exact) mass is 410 g/mol. The molecule has 6 nitrogen and oxygen atoms in total. The van der Waals surface area contributed by atoms with Crippen LogP contribution < -0.4 is 5.32 Å². The van der Waals surface area contributed by atoms with Crippen LogP contribution in [0.15, 0.2) is 48.3 Å². The van der Waals surface area contributed by atoms with Gasteiger partial charge in [-0.1, -0.05) is 0 Å². The first-order valence-electron chi connectivity index (χ1n) is 9.72. The molecule has 2 bridgehead atoms. The van der Waals surface area contributed by atoms with E-state index in [0.717, 1.165) is 16.3 Å². The number of rotatable bonds is 3. The van der Waals surface area contributed by atoms with Crippen LogP contribution >= 0.6 is 0 Å². The van der Waals surface area contributed by atoms with Crippen LogP contribution in [0.5, 0.6) is 5.75 Å². The highest BCUT2D eigenvalue weighted by Gasteiger charge is 2.54. The van der Waals surface area contributed by atoms with E-state index in [0.29, 0.717) is 17.0 Å². The van der Waals surface area contributed by atoms with E-state index < -0.39 is 24.1 Å². The zero-order valence-corrected chi connectivity index (χ0v) is 16.2. The topological polar surface area (TPSA) is 80.2 Å². The van der Waals surface area contributed by atoms with Crippen LogP contribution in [0, 0.1) is 0 Å². The third-order valence-corrected chi connectivity index (χ3v) is 5.89. The lowest BCUT2D eigenvalue weighted by Gasteiger charge is -2.31. The second-order valence-corrected chi connectivity index (χ2v) is 7.81. The highest BCUT2D eigenvalue weighted by Crippen LogP contribution is 2.42. The van der Waals surface area contributed by atoms with Crippen molar-refractivity contribution in [2.75, 3.05) is 7.11 Å². The number of aromatic nitrogens is 3. The standard InChI is InChI=1S/C22H20F2N4O2/c1-30-21-13(9-20-22(23,24)10-18(21)26-20)6-15-2-3-17(28-27-15)16-7-12-4-5-25-11-14(12)8-19(16)29/h2-8,11,18,20-21,26,29H,9-10H2,1H3/b13-6-/t18?,20?,21-/m1/s1. The van der Waals surface area contributed by atoms with Gasteiger partial charge in [-0.3, -0.25) is 4.98 Å². The van der Waals surface area contributed by atoms with E-state index in [1.807, 2.05) is 12.1 Å². The maximum absolute atomic E-state index is 14.1. The number of ether oxygens (including phenoxy) is 1. The van der Waals surface area contributed by atoms with Gasteiger partial charge in [0.15, 0.2) is 0 Å². The lowest BCUT2D eigenvalue weighted by Crippen LogP contribution is -2.47. The molecule has 2 fully saturated rings. The van der Waals surface area contributed by atoms with Crippen molar-refractivity contribution in [3.63, 3.8) is 0 Å². The molecule has 1 aromatic carbocycles. The molecular weight excluding hydrogens is 390 g/mol. The number of benzene rings is 1. The fourth-order valence-corrected chi connectivity index (χ4v) is 4.43. The Bertz CT molecular complexity index is 1130. The summed E-state index contributed by atoms with van der Waals surface area (Å²) in [5.41, 5.74) is 2.43. The third kappa shape index (κ3) is 3.22. The molecular formula is C22H20F2N4O2. The van der Waals surface area contributed by atoms with Gasteiger partial charge in [0.25, 0.3) is 5.92 Å². The van der Waals surface area contributed by atoms with Crippen LogP contribution in [0.25, 0.3) is 28.1 Å². The largest absolute Gasteiger partial charge is 0.507 e. The van der Waals surface area contributed by atoms with E-state index in [2.05, 4.69) is 20.5 Å². The van der Waals surface area contributed by atoms with E-state index in [9.17, 15) is 13.9 Å². The number of alkyl halides is 2. The summed E-state index contributed by atoms with van der Waals surface area (Å²) >= 11 is 0. The van der Waals surface area contributed by atoms with Crippen LogP contribution in [0.1, 0.15) is 18.5 Å². The summed E-state index contributed by atoms with van der Waals surface area (Å²) in [6.45, 7) is 0. The molecule has 0 aliphatic carbocycles. The van der Waals surface area contributed by atoms with Crippen molar-refractivity contribution in [2.45, 2.75) is 37.0 Å². The first-order chi connectivity index (χ1) is 14.4. The highest BCUT2D eigenvalue weighted by atomic mass is 19.3. The molecule has 5 rings (SSSR count). The van der Waals surface area contributed by atoms with Crippen molar-refractivity contribution in [1.82, 2.24) is 20.5 Å². The normalized spacial score (nSPS) is 26.4. The highest BCUT2D eigenvalue weighted by molar-refractivity contribution is 5.89. The number of hydrogen-bond acceptors (Lipinski definition) is 6. The molecule has 30 heavy (non-hydrogen) atoms. The summed E-state index contributed by atoms with van der Waals surface area (Å²) in [5, 5.41) is 23.6. The van der Waals surface area contributed by atoms with Crippen molar-refractivity contribution in [1.29, 1.82) is 0 Å². The van der Waals surface area contributed by atoms with Gasteiger partial charge in [-0.05, 0) is 53.8 Å². The first kappa shape index (κ1) is 19.0. The average molecular weight is 410 g/mol. The fraction of sp³-hybridized carbons (Fsp3) is 0.318. The van der Waals surface area contributed by atoms with Crippen LogP contribution in [0.4, 0.5) is 8.78 Å². The lowest BCUT2D eigenvalue weighted by atomic mass is 9.94. The molecule has 3 aromatic rings. The van der Waals surface area contributed by atoms with Gasteiger partial charge in [-0.25, -0.2) is 8.78 Å². The molecule has 8 heteroatoms. The van der Waals surface area contributed by atoms with Gasteiger partial charge < -0.3 is 15.2 Å². The molecule has 3 atom stereocenters. The van der Waals surface area contributed by atoms with Crippen molar-refractivity contribution >= 4 is 16.8 Å². The van der Waals surface area contributed by atoms with Crippen LogP contribution in [0.2, 0.25) is 0 Å². The number of hydrogen-bond donors (Lipinski definition) is 2. The SMILES string of the molecule is CO[C@@H]1/C(=C\c2ccc(-c3cc4ccncc4cc3O)nn2)CC2NC1CC2(F)F. The summed E-state index contributed by atoms with van der Waals surface area (Å²) in [6, 6.07) is 7.57. The minimum absolute atomic E-state index is 0.0903. The summed E-state index contributed by atoms with van der Waals surface area (Å²) in [6.07, 6.45) is 4.70. The van der Waals surface area contributed by atoms with Crippen molar-refractivity contribution in [3.05, 3.63) is 54.0 Å². The number of piperidine rings is 1. The quantitative estimate of drug-likeness (QED) is 0.687. The first-order valence-corrected chi connectivity index (χ1v) is 9.72. The number of methoxy groups -OCH3 is 1. The third-order valence-electron chi connectivity index (χ3n) is 5.89. The maximum Gasteiger partial charge on any atom is 0.265 e. The van der Waals surface area contributed by atoms with Crippen molar-refractivity contribution in [3.8, 4) is 17.0 Å². The second-order valence-electron chi connectivity index (χ2n) is 7.81. The van der Waals surface area contributed by atoms with Gasteiger partial charge in [0.2, 0.25) is 0 Å². The molecule has 0 spiro atoms. The van der Waals surface area contributed by atoms with E-state index in [4.69, 9.17) is 4.74 Å². The molecule has 2 unspecified atom stereocenters. The van der Waals surface area contributed by atoms with Gasteiger partial charge in [0, 0.05) is 42.9 Å². The molecule has 0 radical (unpaired) electrons. The predicted molar refractivity (Wildman–Crippen MR) is 108 cm³/mol. The second kappa shape index (κ2) is 7.07. The molecule has 0 saturated carbocycles. The smallest absolute Gasteiger partial charge is 0.265 e. The van der Waals surface area contributed by atoms with E-state index in [1.54, 1.807) is 36.7 Å². The molecule has 2 N–H and O–H groups in total. The number of nitrogens with one attached hydrogen (secondary N) is 1. The molecule has 2 saturated heterocycles. The zero-order chi connectivity index (χ0) is 20.9. The Labute approximate surface area is 171 Å². The Morgan fingerprint density at radius 2 is 2.07 bits per heavy atom. The molecule has 0 amide bonds. The Morgan fingerprint density at radius 3 is 2.83 bits per heavy atom. The van der Waals surface area contributed by atoms with E-state index >= 15 is 0 Å². The van der Waals surface area contributed by atoms with Gasteiger partial charge >= 0.3 is 0 Å². The predicted octanol–water partition coefficient (Wildman–Crippen LogP) is 3.57. The summed E-state index contributed by atoms with van der Waals surface area (Å²) in [5.74, 6) is -2.65. The minimum atomic E-state index is -2.74. The molecule has 2 aliphatic heterocycles. The van der Waals surface area contributed by atoms with Crippen LogP contribution in [-0.4, -0.2) is 51.5 Å².